The number of carbonyl (C=O) groups excluding carboxylic acids is 2. The van der Waals surface area contributed by atoms with E-state index in [2.05, 4.69) is 17.4 Å². The van der Waals surface area contributed by atoms with Crippen LogP contribution in [0.5, 0.6) is 0 Å². The minimum absolute atomic E-state index is 0.175. The summed E-state index contributed by atoms with van der Waals surface area (Å²) in [4.78, 5) is 26.6. The van der Waals surface area contributed by atoms with Gasteiger partial charge in [-0.15, -0.1) is 0 Å². The summed E-state index contributed by atoms with van der Waals surface area (Å²) in [6.07, 6.45) is -0.690. The van der Waals surface area contributed by atoms with E-state index < -0.39 is 11.7 Å². The van der Waals surface area contributed by atoms with Gasteiger partial charge in [-0.3, -0.25) is 0 Å². The van der Waals surface area contributed by atoms with Gasteiger partial charge >= 0.3 is 12.2 Å². The summed E-state index contributed by atoms with van der Waals surface area (Å²) in [5.41, 5.74) is 1.46. The van der Waals surface area contributed by atoms with Crippen molar-refractivity contribution in [3.8, 4) is 0 Å². The Bertz CT molecular complexity index is 912. The lowest BCUT2D eigenvalue weighted by atomic mass is 9.90. The van der Waals surface area contributed by atoms with Crippen LogP contribution in [0.3, 0.4) is 0 Å². The molecule has 3 atom stereocenters. The Morgan fingerprint density at radius 2 is 1.58 bits per heavy atom. The number of rotatable bonds is 5. The number of hydrogen-bond donors (Lipinski definition) is 1. The smallest absolute Gasteiger partial charge is 0.410 e. The van der Waals surface area contributed by atoms with E-state index in [1.54, 1.807) is 4.90 Å². The van der Waals surface area contributed by atoms with E-state index in [4.69, 9.17) is 9.47 Å². The van der Waals surface area contributed by atoms with Crippen molar-refractivity contribution in [2.45, 2.75) is 38.4 Å². The van der Waals surface area contributed by atoms with Gasteiger partial charge in [-0.25, -0.2) is 9.59 Å². The molecule has 2 amide bonds. The van der Waals surface area contributed by atoms with Gasteiger partial charge in [0.05, 0.1) is 0 Å². The third-order valence-corrected chi connectivity index (χ3v) is 6.24. The molecular weight excluding hydrogens is 392 g/mol. The van der Waals surface area contributed by atoms with Crippen LogP contribution in [0.1, 0.15) is 31.9 Å². The predicted molar refractivity (Wildman–Crippen MR) is 118 cm³/mol. The summed E-state index contributed by atoms with van der Waals surface area (Å²) in [6, 6.07) is 19.9. The van der Waals surface area contributed by atoms with Gasteiger partial charge in [0, 0.05) is 25.0 Å². The zero-order valence-electron chi connectivity index (χ0n) is 18.3. The Labute approximate surface area is 183 Å². The fourth-order valence-corrected chi connectivity index (χ4v) is 4.74. The number of piperidine rings is 1. The molecule has 6 heteroatoms. The number of nitrogens with one attached hydrogen (secondary N) is 1. The van der Waals surface area contributed by atoms with Crippen LogP contribution >= 0.6 is 0 Å². The first-order valence-electron chi connectivity index (χ1n) is 10.8. The molecule has 0 aromatic heterocycles. The Morgan fingerprint density at radius 3 is 2.16 bits per heavy atom. The molecule has 1 saturated heterocycles. The number of alkyl carbamates (subject to hydrolysis) is 1. The molecule has 1 heterocycles. The summed E-state index contributed by atoms with van der Waals surface area (Å²) in [5.74, 6) is 0.577. The van der Waals surface area contributed by atoms with E-state index in [1.165, 1.54) is 5.56 Å². The number of carbonyl (C=O) groups is 2. The average Bonchev–Trinajstić information content (AvgIpc) is 3.11. The third-order valence-electron chi connectivity index (χ3n) is 6.24. The van der Waals surface area contributed by atoms with E-state index in [-0.39, 0.29) is 30.0 Å². The molecular formula is C25H30N2O4. The van der Waals surface area contributed by atoms with Crippen molar-refractivity contribution in [2.75, 3.05) is 19.6 Å². The van der Waals surface area contributed by atoms with Crippen molar-refractivity contribution < 1.29 is 19.1 Å². The van der Waals surface area contributed by atoms with Crippen molar-refractivity contribution in [2.24, 2.45) is 11.8 Å². The highest BCUT2D eigenvalue weighted by molar-refractivity contribution is 5.70. The number of amides is 2. The van der Waals surface area contributed by atoms with Crippen LogP contribution in [-0.2, 0) is 21.5 Å². The largest absolute Gasteiger partial charge is 0.445 e. The quantitative estimate of drug-likeness (QED) is 0.778. The number of nitrogens with zero attached hydrogens (tertiary/aromatic N) is 1. The number of fused-ring (bicyclic) bond motifs is 1. The summed E-state index contributed by atoms with van der Waals surface area (Å²) in [6.45, 7) is 7.62. The lowest BCUT2D eigenvalue weighted by Gasteiger charge is -2.29. The van der Waals surface area contributed by atoms with Gasteiger partial charge in [-0.1, -0.05) is 60.7 Å². The molecule has 0 bridgehead atoms. The Hall–Kier alpha value is -3.02. The third kappa shape index (κ3) is 4.53. The van der Waals surface area contributed by atoms with Gasteiger partial charge in [-0.2, -0.15) is 0 Å². The molecule has 1 aliphatic heterocycles. The fraction of sp³-hybridized carbons (Fsp3) is 0.440. The molecule has 6 nitrogen and oxygen atoms in total. The zero-order chi connectivity index (χ0) is 22.1. The SMILES string of the molecule is CC(C)(C)OC(=O)N1C[C@@H]2[C@H](C1)C2(CNC(=O)OCc1ccccc1)c1ccccc1. The normalized spacial score (nSPS) is 24.3. The Kier molecular flexibility index (Phi) is 5.65. The van der Waals surface area contributed by atoms with Crippen molar-refractivity contribution in [1.82, 2.24) is 10.2 Å². The minimum Gasteiger partial charge on any atom is -0.445 e. The molecule has 1 saturated carbocycles. The molecule has 164 valence electrons. The molecule has 2 aromatic rings. The van der Waals surface area contributed by atoms with Crippen LogP contribution in [0.4, 0.5) is 9.59 Å². The topological polar surface area (TPSA) is 67.9 Å². The molecule has 2 aromatic carbocycles. The van der Waals surface area contributed by atoms with Gasteiger partial charge in [-0.05, 0) is 43.7 Å². The maximum absolute atomic E-state index is 12.5. The monoisotopic (exact) mass is 422 g/mol. The first-order chi connectivity index (χ1) is 14.8. The minimum atomic E-state index is -0.509. The van der Waals surface area contributed by atoms with Gasteiger partial charge in [0.15, 0.2) is 0 Å². The van der Waals surface area contributed by atoms with Crippen LogP contribution < -0.4 is 5.32 Å². The highest BCUT2D eigenvalue weighted by Gasteiger charge is 2.69. The number of likely N-dealkylation sites (tertiary alicyclic amines) is 1. The molecule has 0 radical (unpaired) electrons. The van der Waals surface area contributed by atoms with Crippen LogP contribution in [-0.4, -0.2) is 42.3 Å². The molecule has 1 aliphatic carbocycles. The van der Waals surface area contributed by atoms with Crippen molar-refractivity contribution in [3.05, 3.63) is 71.8 Å². The second-order valence-electron chi connectivity index (χ2n) is 9.42. The lowest BCUT2D eigenvalue weighted by molar-refractivity contribution is 0.0260. The zero-order valence-corrected chi connectivity index (χ0v) is 18.3. The predicted octanol–water partition coefficient (Wildman–Crippen LogP) is 4.35. The maximum Gasteiger partial charge on any atom is 0.410 e. The summed E-state index contributed by atoms with van der Waals surface area (Å²) in [5, 5.41) is 2.97. The molecule has 1 unspecified atom stereocenters. The highest BCUT2D eigenvalue weighted by Crippen LogP contribution is 2.63. The Balaban J connectivity index is 1.39. The summed E-state index contributed by atoms with van der Waals surface area (Å²) in [7, 11) is 0. The van der Waals surface area contributed by atoms with Crippen molar-refractivity contribution >= 4 is 12.2 Å². The number of ether oxygens (including phenoxy) is 2. The van der Waals surface area contributed by atoms with Crippen molar-refractivity contribution in [3.63, 3.8) is 0 Å². The lowest BCUT2D eigenvalue weighted by Crippen LogP contribution is -2.42. The van der Waals surface area contributed by atoms with Crippen LogP contribution in [0.2, 0.25) is 0 Å². The molecule has 31 heavy (non-hydrogen) atoms. The molecule has 2 aliphatic rings. The van der Waals surface area contributed by atoms with E-state index in [9.17, 15) is 9.59 Å². The number of hydrogen-bond acceptors (Lipinski definition) is 4. The van der Waals surface area contributed by atoms with E-state index in [0.29, 0.717) is 19.6 Å². The van der Waals surface area contributed by atoms with Gasteiger partial charge in [0.2, 0.25) is 0 Å². The maximum atomic E-state index is 12.5. The first-order valence-corrected chi connectivity index (χ1v) is 10.8. The van der Waals surface area contributed by atoms with Crippen LogP contribution in [0.15, 0.2) is 60.7 Å². The first kappa shape index (κ1) is 21.2. The fourth-order valence-electron chi connectivity index (χ4n) is 4.74. The summed E-state index contributed by atoms with van der Waals surface area (Å²) < 4.78 is 10.9. The van der Waals surface area contributed by atoms with Crippen molar-refractivity contribution in [1.29, 1.82) is 0 Å². The highest BCUT2D eigenvalue weighted by atomic mass is 16.6. The molecule has 1 N–H and O–H groups in total. The van der Waals surface area contributed by atoms with Crippen LogP contribution in [0.25, 0.3) is 0 Å². The standard InChI is InChI=1S/C25H30N2O4/c1-24(2,3)31-23(29)27-14-20-21(15-27)25(20,19-12-8-5-9-13-19)17-26-22(28)30-16-18-10-6-4-7-11-18/h4-13,20-21H,14-17H2,1-3H3,(H,26,28)/t20-,21+,25?. The average molecular weight is 423 g/mol. The van der Waals surface area contributed by atoms with Gasteiger partial charge in [0.25, 0.3) is 0 Å². The summed E-state index contributed by atoms with van der Waals surface area (Å²) >= 11 is 0. The van der Waals surface area contributed by atoms with E-state index in [0.717, 1.165) is 5.56 Å². The second kappa shape index (κ2) is 8.25. The van der Waals surface area contributed by atoms with Gasteiger partial charge < -0.3 is 19.7 Å². The molecule has 0 spiro atoms. The second-order valence-corrected chi connectivity index (χ2v) is 9.42. The number of benzene rings is 2. The van der Waals surface area contributed by atoms with Gasteiger partial charge in [0.1, 0.15) is 12.2 Å². The molecule has 2 fully saturated rings. The van der Waals surface area contributed by atoms with E-state index >= 15 is 0 Å². The van der Waals surface area contributed by atoms with E-state index in [1.807, 2.05) is 69.3 Å². The Morgan fingerprint density at radius 1 is 1.00 bits per heavy atom. The van der Waals surface area contributed by atoms with Crippen LogP contribution in [0, 0.1) is 11.8 Å². The molecule has 4 rings (SSSR count).